The van der Waals surface area contributed by atoms with Crippen molar-refractivity contribution in [2.24, 2.45) is 0 Å². The van der Waals surface area contributed by atoms with Gasteiger partial charge in [-0.25, -0.2) is 16.8 Å². The van der Waals surface area contributed by atoms with Crippen molar-refractivity contribution in [3.63, 3.8) is 0 Å². The largest absolute Gasteiger partial charge is 4.00 e. The molecule has 26 heavy (non-hydrogen) atoms. The van der Waals surface area contributed by atoms with Crippen LogP contribution >= 0.6 is 0 Å². The topological polar surface area (TPSA) is 30.7 Å². The number of aromatic nitrogens is 3. The van der Waals surface area contributed by atoms with Crippen LogP contribution in [0.15, 0.2) is 78.9 Å². The average molecular weight is 547 g/mol. The molecule has 0 aliphatic heterocycles. The molecule has 4 aromatic rings. The van der Waals surface area contributed by atoms with Crippen LogP contribution in [0.1, 0.15) is 6.42 Å². The molecule has 1 aliphatic carbocycles. The molecule has 6 heteroatoms. The Kier molecular flexibility index (Phi) is 9.06. The van der Waals surface area contributed by atoms with Crippen LogP contribution in [0, 0.1) is 6.08 Å². The van der Waals surface area contributed by atoms with Gasteiger partial charge in [-0.2, -0.15) is 6.08 Å². The molecule has 0 unspecified atom stereocenters. The SMILES string of the molecule is [C-]1=CC=CC1.[Cl-].[Cl-].[Hf+4].c1ccc2[cH-]c(-n3nnc4ccccc43)cc2c1. The van der Waals surface area contributed by atoms with Crippen molar-refractivity contribution in [2.75, 3.05) is 0 Å². The van der Waals surface area contributed by atoms with Gasteiger partial charge in [0.1, 0.15) is 5.52 Å². The number of rotatable bonds is 1. The van der Waals surface area contributed by atoms with Crippen molar-refractivity contribution in [3.05, 3.63) is 85.0 Å². The van der Waals surface area contributed by atoms with Crippen LogP contribution in [0.25, 0.3) is 27.5 Å². The summed E-state index contributed by atoms with van der Waals surface area (Å²) in [5.41, 5.74) is 3.01. The molecule has 0 bridgehead atoms. The summed E-state index contributed by atoms with van der Waals surface area (Å²) in [4.78, 5) is 0. The number of allylic oxidation sites excluding steroid dienone is 4. The fraction of sp³-hybridized carbons (Fsp3) is 0.0500. The molecule has 1 heterocycles. The number of benzene rings is 2. The molecule has 3 nitrogen and oxygen atoms in total. The second kappa shape index (κ2) is 10.5. The van der Waals surface area contributed by atoms with Crippen molar-refractivity contribution in [1.29, 1.82) is 0 Å². The van der Waals surface area contributed by atoms with Crippen LogP contribution in [0.2, 0.25) is 0 Å². The Hall–Kier alpha value is -1.62. The first-order valence-electron chi connectivity index (χ1n) is 7.60. The summed E-state index contributed by atoms with van der Waals surface area (Å²) in [6, 6.07) is 20.6. The first-order chi connectivity index (χ1) is 11.4. The molecule has 128 valence electrons. The zero-order valence-electron chi connectivity index (χ0n) is 13.8. The van der Waals surface area contributed by atoms with Crippen molar-refractivity contribution in [2.45, 2.75) is 6.42 Å². The van der Waals surface area contributed by atoms with E-state index in [0.29, 0.717) is 0 Å². The van der Waals surface area contributed by atoms with Gasteiger partial charge in [-0.1, -0.05) is 23.4 Å². The fourth-order valence-electron chi connectivity index (χ4n) is 2.66. The minimum atomic E-state index is 0. The molecule has 0 amide bonds. The van der Waals surface area contributed by atoms with E-state index in [1.807, 2.05) is 53.2 Å². The van der Waals surface area contributed by atoms with Gasteiger partial charge in [0.05, 0.1) is 5.52 Å². The molecular weight excluding hydrogens is 532 g/mol. The third-order valence-electron chi connectivity index (χ3n) is 3.79. The van der Waals surface area contributed by atoms with Gasteiger partial charge in [-0.15, -0.1) is 52.6 Å². The number of nitrogens with zero attached hydrogens (tertiary/aromatic N) is 3. The van der Waals surface area contributed by atoms with Gasteiger partial charge in [0.15, 0.2) is 0 Å². The predicted molar refractivity (Wildman–Crippen MR) is 93.5 cm³/mol. The van der Waals surface area contributed by atoms with E-state index >= 15 is 0 Å². The Morgan fingerprint density at radius 3 is 2.46 bits per heavy atom. The van der Waals surface area contributed by atoms with E-state index in [1.54, 1.807) is 0 Å². The second-order valence-electron chi connectivity index (χ2n) is 5.34. The predicted octanol–water partition coefficient (Wildman–Crippen LogP) is -1.40. The number of fused-ring (bicyclic) bond motifs is 2. The minimum absolute atomic E-state index is 0. The first-order valence-corrected chi connectivity index (χ1v) is 7.60. The number of hydrogen-bond donors (Lipinski definition) is 0. The quantitative estimate of drug-likeness (QED) is 0.217. The number of halogens is 2. The summed E-state index contributed by atoms with van der Waals surface area (Å²) >= 11 is 0. The van der Waals surface area contributed by atoms with Gasteiger partial charge in [0, 0.05) is 0 Å². The first kappa shape index (κ1) is 22.4. The van der Waals surface area contributed by atoms with E-state index in [-0.39, 0.29) is 50.7 Å². The van der Waals surface area contributed by atoms with Gasteiger partial charge in [0.2, 0.25) is 0 Å². The summed E-state index contributed by atoms with van der Waals surface area (Å²) in [5.74, 6) is 0. The second-order valence-corrected chi connectivity index (χ2v) is 5.34. The maximum atomic E-state index is 4.23. The normalized spacial score (nSPS) is 11.2. The zero-order chi connectivity index (χ0) is 15.5. The van der Waals surface area contributed by atoms with Gasteiger partial charge in [0.25, 0.3) is 0 Å². The average Bonchev–Trinajstić information content (AvgIpc) is 3.34. The van der Waals surface area contributed by atoms with Crippen LogP contribution in [0.4, 0.5) is 0 Å². The molecule has 0 saturated heterocycles. The summed E-state index contributed by atoms with van der Waals surface area (Å²) in [7, 11) is 0. The maximum absolute atomic E-state index is 4.23. The molecule has 0 fully saturated rings. The minimum Gasteiger partial charge on any atom is -1.00 e. The molecule has 0 atom stereocenters. The Balaban J connectivity index is 0.000000372. The van der Waals surface area contributed by atoms with Gasteiger partial charge in [-0.05, 0) is 17.8 Å². The molecule has 1 aliphatic rings. The standard InChI is InChI=1S/C15H10N3.C5H5.2ClH.Hf/c1-2-6-12-10-13(9-11(12)5-1)18-15-8-4-3-7-14(15)16-17-18;1-2-4-5-3-1;;;/h1-10H;1-3H,4H2;2*1H;/q2*-1;;;+4/p-2. The molecule has 0 N–H and O–H groups in total. The van der Waals surface area contributed by atoms with E-state index in [0.717, 1.165) is 23.1 Å². The molecule has 1 aromatic heterocycles. The molecule has 5 rings (SSSR count). The Labute approximate surface area is 183 Å². The van der Waals surface area contributed by atoms with Crippen molar-refractivity contribution in [3.8, 4) is 5.69 Å². The zero-order valence-corrected chi connectivity index (χ0v) is 18.9. The Morgan fingerprint density at radius 1 is 1.00 bits per heavy atom. The monoisotopic (exact) mass is 547 g/mol. The van der Waals surface area contributed by atoms with Crippen LogP contribution in [0.3, 0.4) is 0 Å². The van der Waals surface area contributed by atoms with E-state index in [4.69, 9.17) is 0 Å². The van der Waals surface area contributed by atoms with Crippen molar-refractivity contribution < 1.29 is 50.7 Å². The van der Waals surface area contributed by atoms with E-state index < -0.39 is 0 Å². The van der Waals surface area contributed by atoms with Gasteiger partial charge < -0.3 is 24.8 Å². The van der Waals surface area contributed by atoms with Gasteiger partial charge in [-0.3, -0.25) is 6.08 Å². The fourth-order valence-corrected chi connectivity index (χ4v) is 2.66. The Bertz CT molecular complexity index is 975. The van der Waals surface area contributed by atoms with E-state index in [1.165, 1.54) is 10.8 Å². The third-order valence-corrected chi connectivity index (χ3v) is 3.79. The smallest absolute Gasteiger partial charge is 1.00 e. The Morgan fingerprint density at radius 2 is 1.77 bits per heavy atom. The molecule has 0 radical (unpaired) electrons. The summed E-state index contributed by atoms with van der Waals surface area (Å²) in [6.45, 7) is 0. The van der Waals surface area contributed by atoms with Crippen molar-refractivity contribution in [1.82, 2.24) is 15.0 Å². The molecule has 3 aromatic carbocycles. The summed E-state index contributed by atoms with van der Waals surface area (Å²) < 4.78 is 1.88. The van der Waals surface area contributed by atoms with Crippen LogP contribution in [0.5, 0.6) is 0 Å². The summed E-state index contributed by atoms with van der Waals surface area (Å²) in [6.07, 6.45) is 10.0. The third kappa shape index (κ3) is 4.76. The van der Waals surface area contributed by atoms with E-state index in [9.17, 15) is 0 Å². The number of hydrogen-bond acceptors (Lipinski definition) is 2. The molecule has 0 spiro atoms. The maximum Gasteiger partial charge on any atom is 4.00 e. The van der Waals surface area contributed by atoms with Crippen LogP contribution < -0.4 is 24.8 Å². The van der Waals surface area contributed by atoms with Crippen molar-refractivity contribution >= 4 is 21.8 Å². The van der Waals surface area contributed by atoms with Gasteiger partial charge >= 0.3 is 25.8 Å². The summed E-state index contributed by atoms with van der Waals surface area (Å²) in [5, 5.41) is 10.9. The molecular formula is C20H15Cl2HfN3. The molecule has 0 saturated carbocycles. The van der Waals surface area contributed by atoms with E-state index in [2.05, 4.69) is 46.7 Å². The van der Waals surface area contributed by atoms with Crippen LogP contribution in [-0.2, 0) is 25.8 Å². The van der Waals surface area contributed by atoms with Crippen LogP contribution in [-0.4, -0.2) is 15.0 Å². The number of para-hydroxylation sites is 1.